The van der Waals surface area contributed by atoms with Gasteiger partial charge in [-0.15, -0.1) is 13.2 Å². The molecule has 188 valence electrons. The Morgan fingerprint density at radius 3 is 2.47 bits per heavy atom. The molecule has 0 bridgehead atoms. The van der Waals surface area contributed by atoms with Crippen LogP contribution in [0.15, 0.2) is 59.4 Å². The molecule has 0 spiro atoms. The van der Waals surface area contributed by atoms with Crippen LogP contribution in [-0.4, -0.2) is 24.0 Å². The molecule has 36 heavy (non-hydrogen) atoms. The number of nitrogens with zero attached hydrogens (tertiary/aromatic N) is 1. The molecule has 1 heterocycles. The van der Waals surface area contributed by atoms with Crippen molar-refractivity contribution in [3.63, 3.8) is 0 Å². The minimum atomic E-state index is -4.78. The average Bonchev–Trinajstić information content (AvgIpc) is 3.68. The molecule has 1 aliphatic rings. The largest absolute Gasteiger partial charge is 0.573 e. The lowest BCUT2D eigenvalue weighted by Gasteiger charge is -2.16. The van der Waals surface area contributed by atoms with E-state index in [0.29, 0.717) is 29.8 Å². The van der Waals surface area contributed by atoms with Crippen molar-refractivity contribution >= 4 is 29.7 Å². The average molecular weight is 518 g/mol. The number of benzene rings is 2. The highest BCUT2D eigenvalue weighted by atomic mass is 35.5. The topological polar surface area (TPSA) is 57.5 Å². The Balaban J connectivity index is 1.64. The Morgan fingerprint density at radius 1 is 1.11 bits per heavy atom. The molecule has 1 aliphatic carbocycles. The van der Waals surface area contributed by atoms with Crippen molar-refractivity contribution in [2.75, 3.05) is 7.11 Å². The molecule has 0 unspecified atom stereocenters. The molecule has 3 aromatic rings. The van der Waals surface area contributed by atoms with Gasteiger partial charge >= 0.3 is 12.3 Å². The first-order valence-corrected chi connectivity index (χ1v) is 11.7. The summed E-state index contributed by atoms with van der Waals surface area (Å²) in [6.45, 7) is 0.327. The van der Waals surface area contributed by atoms with Gasteiger partial charge in [0.25, 0.3) is 5.56 Å². The second-order valence-electron chi connectivity index (χ2n) is 8.46. The molecule has 0 aliphatic heterocycles. The van der Waals surface area contributed by atoms with Crippen LogP contribution in [0.25, 0.3) is 12.2 Å². The van der Waals surface area contributed by atoms with Crippen molar-refractivity contribution in [3.05, 3.63) is 97.9 Å². The number of esters is 1. The van der Waals surface area contributed by atoms with Crippen LogP contribution in [0, 0.1) is 0 Å². The van der Waals surface area contributed by atoms with Gasteiger partial charge in [0.15, 0.2) is 0 Å². The minimum absolute atomic E-state index is 0.121. The third-order valence-electron chi connectivity index (χ3n) is 5.86. The molecule has 1 aromatic heterocycles. The maximum atomic E-state index is 13.0. The standard InChI is InChI=1S/C27H23ClF3NO4/c1-35-26(34)20-8-5-17(6-9-20)13-14-32-24(22(19-10-11-19)16-23(28)25(32)33)12-7-18-3-2-4-21(15-18)36-27(29,30)31/h2-9,12,15-16,19H,10-11,13-14H2,1H3. The van der Waals surface area contributed by atoms with Crippen LogP contribution in [0.5, 0.6) is 5.75 Å². The highest BCUT2D eigenvalue weighted by molar-refractivity contribution is 6.30. The Kier molecular flexibility index (Phi) is 7.54. The zero-order valence-corrected chi connectivity index (χ0v) is 20.1. The summed E-state index contributed by atoms with van der Waals surface area (Å²) in [5.41, 5.74) is 3.08. The van der Waals surface area contributed by atoms with E-state index in [1.54, 1.807) is 53.1 Å². The van der Waals surface area contributed by atoms with Gasteiger partial charge in [-0.3, -0.25) is 4.79 Å². The quantitative estimate of drug-likeness (QED) is 0.321. The molecule has 9 heteroatoms. The first-order chi connectivity index (χ1) is 17.1. The summed E-state index contributed by atoms with van der Waals surface area (Å²) in [7, 11) is 1.31. The maximum Gasteiger partial charge on any atom is 0.573 e. The van der Waals surface area contributed by atoms with Crippen molar-refractivity contribution in [2.45, 2.75) is 38.1 Å². The van der Waals surface area contributed by atoms with E-state index in [2.05, 4.69) is 4.74 Å². The summed E-state index contributed by atoms with van der Waals surface area (Å²) in [4.78, 5) is 24.7. The smallest absolute Gasteiger partial charge is 0.465 e. The van der Waals surface area contributed by atoms with Gasteiger partial charge in [0.1, 0.15) is 10.8 Å². The van der Waals surface area contributed by atoms with Gasteiger partial charge in [-0.2, -0.15) is 0 Å². The first kappa shape index (κ1) is 25.6. The van der Waals surface area contributed by atoms with Gasteiger partial charge in [-0.25, -0.2) is 4.79 Å². The minimum Gasteiger partial charge on any atom is -0.465 e. The number of hydrogen-bond donors (Lipinski definition) is 0. The number of carbonyl (C=O) groups excluding carboxylic acids is 1. The Bertz CT molecular complexity index is 1340. The van der Waals surface area contributed by atoms with E-state index in [1.807, 2.05) is 0 Å². The fourth-order valence-electron chi connectivity index (χ4n) is 3.95. The van der Waals surface area contributed by atoms with Crippen molar-refractivity contribution in [1.29, 1.82) is 0 Å². The summed E-state index contributed by atoms with van der Waals surface area (Å²) in [5, 5.41) is 0.121. The number of alkyl halides is 3. The molecule has 0 saturated heterocycles. The van der Waals surface area contributed by atoms with E-state index >= 15 is 0 Å². The van der Waals surface area contributed by atoms with Crippen LogP contribution in [0.2, 0.25) is 5.02 Å². The van der Waals surface area contributed by atoms with Crippen LogP contribution in [-0.2, 0) is 17.7 Å². The number of aryl methyl sites for hydroxylation is 1. The van der Waals surface area contributed by atoms with E-state index in [4.69, 9.17) is 16.3 Å². The molecule has 2 aromatic carbocycles. The Hall–Kier alpha value is -3.52. The number of halogens is 4. The van der Waals surface area contributed by atoms with E-state index in [-0.39, 0.29) is 22.2 Å². The summed E-state index contributed by atoms with van der Waals surface area (Å²) in [5.74, 6) is -0.483. The lowest BCUT2D eigenvalue weighted by Crippen LogP contribution is -2.25. The molecule has 1 fully saturated rings. The van der Waals surface area contributed by atoms with Gasteiger partial charge in [0.2, 0.25) is 0 Å². The van der Waals surface area contributed by atoms with Crippen LogP contribution < -0.4 is 10.3 Å². The maximum absolute atomic E-state index is 13.0. The number of ether oxygens (including phenoxy) is 2. The summed E-state index contributed by atoms with van der Waals surface area (Å²) < 4.78 is 48.1. The van der Waals surface area contributed by atoms with Gasteiger partial charge in [0.05, 0.1) is 12.7 Å². The van der Waals surface area contributed by atoms with Gasteiger partial charge in [-0.05, 0) is 78.3 Å². The third kappa shape index (κ3) is 6.37. The van der Waals surface area contributed by atoms with Crippen molar-refractivity contribution < 1.29 is 27.4 Å². The second-order valence-corrected chi connectivity index (χ2v) is 8.86. The van der Waals surface area contributed by atoms with E-state index in [9.17, 15) is 22.8 Å². The highest BCUT2D eigenvalue weighted by Crippen LogP contribution is 2.42. The van der Waals surface area contributed by atoms with Crippen molar-refractivity contribution in [1.82, 2.24) is 4.57 Å². The molecule has 4 rings (SSSR count). The zero-order chi connectivity index (χ0) is 25.9. The van der Waals surface area contributed by atoms with Crippen molar-refractivity contribution in [3.8, 4) is 5.75 Å². The van der Waals surface area contributed by atoms with Crippen molar-refractivity contribution in [2.24, 2.45) is 0 Å². The molecule has 0 radical (unpaired) electrons. The van der Waals surface area contributed by atoms with Crippen LogP contribution in [0.3, 0.4) is 0 Å². The predicted molar refractivity (Wildman–Crippen MR) is 131 cm³/mol. The lowest BCUT2D eigenvalue weighted by atomic mass is 10.1. The van der Waals surface area contributed by atoms with Gasteiger partial charge in [0, 0.05) is 12.2 Å². The molecule has 5 nitrogen and oxygen atoms in total. The fraction of sp³-hybridized carbons (Fsp3) is 0.259. The fourth-order valence-corrected chi connectivity index (χ4v) is 4.17. The van der Waals surface area contributed by atoms with Crippen LogP contribution in [0.4, 0.5) is 13.2 Å². The Labute approximate surface area is 210 Å². The van der Waals surface area contributed by atoms with E-state index < -0.39 is 12.3 Å². The Morgan fingerprint density at radius 2 is 1.83 bits per heavy atom. The second kappa shape index (κ2) is 10.6. The molecular weight excluding hydrogens is 495 g/mol. The normalized spacial score (nSPS) is 13.7. The van der Waals surface area contributed by atoms with Crippen LogP contribution >= 0.6 is 11.6 Å². The molecule has 1 saturated carbocycles. The molecule has 0 amide bonds. The third-order valence-corrected chi connectivity index (χ3v) is 6.13. The SMILES string of the molecule is COC(=O)c1ccc(CCn2c(C=Cc3cccc(OC(F)(F)F)c3)c(C3CC3)cc(Cl)c2=O)cc1. The molecular formula is C27H23ClF3NO4. The monoisotopic (exact) mass is 517 g/mol. The molecule has 0 atom stereocenters. The number of pyridine rings is 1. The summed E-state index contributed by atoms with van der Waals surface area (Å²) >= 11 is 6.28. The van der Waals surface area contributed by atoms with Crippen LogP contribution in [0.1, 0.15) is 51.5 Å². The number of hydrogen-bond acceptors (Lipinski definition) is 4. The van der Waals surface area contributed by atoms with E-state index in [1.165, 1.54) is 25.3 Å². The first-order valence-electron chi connectivity index (χ1n) is 11.3. The number of methoxy groups -OCH3 is 1. The van der Waals surface area contributed by atoms with Gasteiger partial charge in [-0.1, -0.05) is 41.9 Å². The number of aromatic nitrogens is 1. The van der Waals surface area contributed by atoms with Gasteiger partial charge < -0.3 is 14.0 Å². The molecule has 0 N–H and O–H groups in total. The number of carbonyl (C=O) groups is 1. The highest BCUT2D eigenvalue weighted by Gasteiger charge is 2.31. The predicted octanol–water partition coefficient (Wildman–Crippen LogP) is 6.48. The summed E-state index contributed by atoms with van der Waals surface area (Å²) in [6.07, 6.45) is 1.05. The number of rotatable bonds is 8. The summed E-state index contributed by atoms with van der Waals surface area (Å²) in [6, 6.07) is 14.2. The lowest BCUT2D eigenvalue weighted by molar-refractivity contribution is -0.274. The van der Waals surface area contributed by atoms with E-state index in [0.717, 1.165) is 24.0 Å². The zero-order valence-electron chi connectivity index (χ0n) is 19.3.